The molecule has 2 rings (SSSR count). The molecule has 1 aromatic rings. The highest BCUT2D eigenvalue weighted by molar-refractivity contribution is 7.90. The van der Waals surface area contributed by atoms with E-state index in [0.29, 0.717) is 6.42 Å². The first-order chi connectivity index (χ1) is 8.93. The summed E-state index contributed by atoms with van der Waals surface area (Å²) < 4.78 is 22.8. The number of hydrogen-bond acceptors (Lipinski definition) is 4. The van der Waals surface area contributed by atoms with Crippen LogP contribution in [0.2, 0.25) is 0 Å². The molecule has 1 heterocycles. The number of benzene rings is 1. The van der Waals surface area contributed by atoms with Gasteiger partial charge in [-0.25, -0.2) is 8.42 Å². The lowest BCUT2D eigenvalue weighted by Gasteiger charge is -2.30. The van der Waals surface area contributed by atoms with Gasteiger partial charge in [0.1, 0.15) is 9.84 Å². The Kier molecular flexibility index (Phi) is 4.16. The first-order valence-corrected chi connectivity index (χ1v) is 8.64. The zero-order valence-corrected chi connectivity index (χ0v) is 12.4. The lowest BCUT2D eigenvalue weighted by atomic mass is 9.88. The van der Waals surface area contributed by atoms with Crippen molar-refractivity contribution in [3.8, 4) is 0 Å². The summed E-state index contributed by atoms with van der Waals surface area (Å²) in [5, 5.41) is -0.148. The minimum Gasteiger partial charge on any atom is -0.281 e. The van der Waals surface area contributed by atoms with Crippen molar-refractivity contribution in [2.24, 2.45) is 4.99 Å². The molecule has 0 amide bonds. The molecule has 1 aliphatic rings. The molecule has 0 saturated heterocycles. The summed E-state index contributed by atoms with van der Waals surface area (Å²) in [6.45, 7) is 0. The Bertz CT molecular complexity index is 579. The van der Waals surface area contributed by atoms with Gasteiger partial charge < -0.3 is 0 Å². The Hall–Kier alpha value is -1.07. The SMILES string of the molecule is CS(=O)(=O)CCC1(C(S)c2ccccc2)C=CC=N1. The number of rotatable bonds is 5. The van der Waals surface area contributed by atoms with Crippen LogP contribution in [0.1, 0.15) is 17.2 Å². The molecule has 102 valence electrons. The van der Waals surface area contributed by atoms with Gasteiger partial charge in [0.25, 0.3) is 0 Å². The molecule has 2 unspecified atom stereocenters. The van der Waals surface area contributed by atoms with E-state index in [4.69, 9.17) is 0 Å². The van der Waals surface area contributed by atoms with Crippen LogP contribution in [0.15, 0.2) is 47.5 Å². The summed E-state index contributed by atoms with van der Waals surface area (Å²) in [7, 11) is -3.01. The maximum Gasteiger partial charge on any atom is 0.147 e. The number of hydrogen-bond donors (Lipinski definition) is 1. The van der Waals surface area contributed by atoms with E-state index >= 15 is 0 Å². The fourth-order valence-electron chi connectivity index (χ4n) is 2.15. The van der Waals surface area contributed by atoms with Crippen LogP contribution in [0, 0.1) is 0 Å². The fourth-order valence-corrected chi connectivity index (χ4v) is 3.31. The second-order valence-corrected chi connectivity index (χ2v) is 7.60. The minimum absolute atomic E-state index is 0.110. The Balaban J connectivity index is 2.25. The van der Waals surface area contributed by atoms with Crippen molar-refractivity contribution >= 4 is 28.7 Å². The molecule has 5 heteroatoms. The van der Waals surface area contributed by atoms with Crippen LogP contribution in [-0.2, 0) is 9.84 Å². The first-order valence-electron chi connectivity index (χ1n) is 6.07. The molecule has 19 heavy (non-hydrogen) atoms. The van der Waals surface area contributed by atoms with Gasteiger partial charge in [0.05, 0.1) is 16.5 Å². The summed E-state index contributed by atoms with van der Waals surface area (Å²) in [5.74, 6) is 0.110. The van der Waals surface area contributed by atoms with E-state index in [1.807, 2.05) is 42.5 Å². The minimum atomic E-state index is -3.01. The van der Waals surface area contributed by atoms with Gasteiger partial charge in [0, 0.05) is 12.5 Å². The van der Waals surface area contributed by atoms with E-state index < -0.39 is 15.4 Å². The average molecular weight is 295 g/mol. The first kappa shape index (κ1) is 14.3. The number of sulfone groups is 1. The van der Waals surface area contributed by atoms with Gasteiger partial charge >= 0.3 is 0 Å². The van der Waals surface area contributed by atoms with Gasteiger partial charge in [-0.3, -0.25) is 4.99 Å². The summed E-state index contributed by atoms with van der Waals surface area (Å²) >= 11 is 4.67. The van der Waals surface area contributed by atoms with Crippen LogP contribution in [0.3, 0.4) is 0 Å². The Morgan fingerprint density at radius 1 is 1.32 bits per heavy atom. The zero-order chi connectivity index (χ0) is 13.9. The number of nitrogens with zero attached hydrogens (tertiary/aromatic N) is 1. The number of thiol groups is 1. The molecule has 0 radical (unpaired) electrons. The maximum absolute atomic E-state index is 11.4. The second-order valence-electron chi connectivity index (χ2n) is 4.82. The number of aliphatic imine (C=N–C) groups is 1. The summed E-state index contributed by atoms with van der Waals surface area (Å²) in [4.78, 5) is 4.47. The monoisotopic (exact) mass is 295 g/mol. The zero-order valence-electron chi connectivity index (χ0n) is 10.7. The topological polar surface area (TPSA) is 46.5 Å². The Labute approximate surface area is 119 Å². The van der Waals surface area contributed by atoms with E-state index in [9.17, 15) is 8.42 Å². The molecule has 2 atom stereocenters. The van der Waals surface area contributed by atoms with Gasteiger partial charge in [0.2, 0.25) is 0 Å². The van der Waals surface area contributed by atoms with E-state index in [0.717, 1.165) is 5.56 Å². The van der Waals surface area contributed by atoms with Crippen molar-refractivity contribution in [3.05, 3.63) is 48.0 Å². The molecule has 0 spiro atoms. The smallest absolute Gasteiger partial charge is 0.147 e. The molecular formula is C14H17NO2S2. The van der Waals surface area contributed by atoms with Crippen LogP contribution in [0.5, 0.6) is 0 Å². The summed E-state index contributed by atoms with van der Waals surface area (Å²) in [6.07, 6.45) is 7.22. The standard InChI is InChI=1S/C14H17NO2S2/c1-19(16,17)11-9-14(8-5-10-15-14)13(18)12-6-3-2-4-7-12/h2-8,10,13,18H,9,11H2,1H3. The molecule has 0 aliphatic carbocycles. The van der Waals surface area contributed by atoms with Crippen LogP contribution in [0.4, 0.5) is 0 Å². The van der Waals surface area contributed by atoms with Crippen molar-refractivity contribution in [2.45, 2.75) is 17.2 Å². The normalized spacial score (nSPS) is 23.7. The second kappa shape index (κ2) is 5.51. The molecule has 3 nitrogen and oxygen atoms in total. The van der Waals surface area contributed by atoms with Gasteiger partial charge in [-0.15, -0.1) is 0 Å². The highest BCUT2D eigenvalue weighted by Crippen LogP contribution is 2.40. The van der Waals surface area contributed by atoms with Gasteiger partial charge in [-0.1, -0.05) is 36.4 Å². The van der Waals surface area contributed by atoms with Crippen molar-refractivity contribution in [2.75, 3.05) is 12.0 Å². The van der Waals surface area contributed by atoms with E-state index in [2.05, 4.69) is 17.6 Å². The van der Waals surface area contributed by atoms with Gasteiger partial charge in [-0.2, -0.15) is 12.6 Å². The maximum atomic E-state index is 11.4. The highest BCUT2D eigenvalue weighted by atomic mass is 32.2. The van der Waals surface area contributed by atoms with Gasteiger partial charge in [0.15, 0.2) is 0 Å². The summed E-state index contributed by atoms with van der Waals surface area (Å²) in [5.41, 5.74) is 0.483. The molecule has 0 N–H and O–H groups in total. The Morgan fingerprint density at radius 2 is 2.00 bits per heavy atom. The van der Waals surface area contributed by atoms with Crippen LogP contribution in [0.25, 0.3) is 0 Å². The lowest BCUT2D eigenvalue weighted by molar-refractivity contribution is 0.506. The third kappa shape index (κ3) is 3.48. The molecule has 0 saturated carbocycles. The van der Waals surface area contributed by atoms with E-state index in [-0.39, 0.29) is 11.0 Å². The molecule has 0 aromatic heterocycles. The largest absolute Gasteiger partial charge is 0.281 e. The quantitative estimate of drug-likeness (QED) is 0.848. The molecule has 1 aliphatic heterocycles. The van der Waals surface area contributed by atoms with Crippen molar-refractivity contribution in [1.82, 2.24) is 0 Å². The van der Waals surface area contributed by atoms with E-state index in [1.54, 1.807) is 6.21 Å². The third-order valence-corrected chi connectivity index (χ3v) is 4.94. The van der Waals surface area contributed by atoms with Crippen LogP contribution < -0.4 is 0 Å². The average Bonchev–Trinajstić information content (AvgIpc) is 2.86. The predicted molar refractivity (Wildman–Crippen MR) is 82.9 cm³/mol. The molecule has 1 aromatic carbocycles. The van der Waals surface area contributed by atoms with Crippen LogP contribution in [-0.4, -0.2) is 32.2 Å². The fraction of sp³-hybridized carbons (Fsp3) is 0.357. The Morgan fingerprint density at radius 3 is 2.53 bits per heavy atom. The van der Waals surface area contributed by atoms with E-state index in [1.165, 1.54) is 6.26 Å². The van der Waals surface area contributed by atoms with Crippen molar-refractivity contribution in [3.63, 3.8) is 0 Å². The summed E-state index contributed by atoms with van der Waals surface area (Å²) in [6, 6.07) is 9.82. The van der Waals surface area contributed by atoms with Crippen molar-refractivity contribution in [1.29, 1.82) is 0 Å². The van der Waals surface area contributed by atoms with Gasteiger partial charge in [-0.05, 0) is 18.1 Å². The van der Waals surface area contributed by atoms with Crippen molar-refractivity contribution < 1.29 is 8.42 Å². The van der Waals surface area contributed by atoms with Crippen LogP contribution >= 0.6 is 12.6 Å². The third-order valence-electron chi connectivity index (χ3n) is 3.25. The molecule has 0 fully saturated rings. The lowest BCUT2D eigenvalue weighted by Crippen LogP contribution is -2.30. The predicted octanol–water partition coefficient (Wildman–Crippen LogP) is 2.47. The molecule has 0 bridgehead atoms. The number of allylic oxidation sites excluding steroid dienone is 1. The molecular weight excluding hydrogens is 278 g/mol. The highest BCUT2D eigenvalue weighted by Gasteiger charge is 2.36.